The molecule has 7 heteroatoms. The van der Waals surface area contributed by atoms with Crippen LogP contribution < -0.4 is 16.4 Å². The van der Waals surface area contributed by atoms with E-state index >= 15 is 0 Å². The summed E-state index contributed by atoms with van der Waals surface area (Å²) in [7, 11) is 0. The van der Waals surface area contributed by atoms with Gasteiger partial charge in [-0.05, 0) is 31.9 Å². The number of aliphatic imine (C=N–C) groups is 1. The van der Waals surface area contributed by atoms with Crippen molar-refractivity contribution in [2.75, 3.05) is 32.7 Å². The Bertz CT molecular complexity index is 573. The number of nitrogens with two attached hydrogens (primary N) is 1. The van der Waals surface area contributed by atoms with Gasteiger partial charge in [0.25, 0.3) is 0 Å². The number of thioether (sulfide) groups is 1. The van der Waals surface area contributed by atoms with Crippen molar-refractivity contribution >= 4 is 23.6 Å². The first-order chi connectivity index (χ1) is 12.6. The topological polar surface area (TPSA) is 82.8 Å². The van der Waals surface area contributed by atoms with Crippen LogP contribution in [0.5, 0.6) is 0 Å². The van der Waals surface area contributed by atoms with E-state index < -0.39 is 0 Å². The summed E-state index contributed by atoms with van der Waals surface area (Å²) in [5.74, 6) is 0.623. The van der Waals surface area contributed by atoms with Gasteiger partial charge in [0.2, 0.25) is 5.91 Å². The molecule has 0 spiro atoms. The van der Waals surface area contributed by atoms with E-state index in [1.54, 1.807) is 0 Å². The van der Waals surface area contributed by atoms with E-state index in [0.29, 0.717) is 17.8 Å². The lowest BCUT2D eigenvalue weighted by atomic mass is 10.1. The van der Waals surface area contributed by atoms with Gasteiger partial charge in [0.1, 0.15) is 0 Å². The first-order valence-corrected chi connectivity index (χ1v) is 10.2. The number of nitrogens with zero attached hydrogens (tertiary/aromatic N) is 2. The number of nitrogens with one attached hydrogen (secondary N) is 2. The molecular weight excluding hydrogens is 346 g/mol. The van der Waals surface area contributed by atoms with E-state index in [-0.39, 0.29) is 5.91 Å². The maximum atomic E-state index is 11.0. The second-order valence-electron chi connectivity index (χ2n) is 6.62. The van der Waals surface area contributed by atoms with Crippen LogP contribution in [0.2, 0.25) is 0 Å². The Kier molecular flexibility index (Phi) is 8.77. The zero-order valence-corrected chi connectivity index (χ0v) is 16.6. The number of piperidine rings is 1. The summed E-state index contributed by atoms with van der Waals surface area (Å²) in [4.78, 5) is 19.2. The van der Waals surface area contributed by atoms with Crippen molar-refractivity contribution < 1.29 is 4.79 Å². The number of amides is 1. The van der Waals surface area contributed by atoms with Gasteiger partial charge in [-0.25, -0.2) is 0 Å². The number of primary amides is 1. The zero-order valence-electron chi connectivity index (χ0n) is 15.8. The number of hydrogen-bond donors (Lipinski definition) is 3. The molecule has 4 N–H and O–H groups in total. The predicted molar refractivity (Wildman–Crippen MR) is 110 cm³/mol. The molecule has 1 saturated heterocycles. The number of benzene rings is 1. The van der Waals surface area contributed by atoms with Crippen molar-refractivity contribution in [3.63, 3.8) is 0 Å². The lowest BCUT2D eigenvalue weighted by molar-refractivity contribution is -0.119. The van der Waals surface area contributed by atoms with Crippen molar-refractivity contribution in [2.45, 2.75) is 42.9 Å². The number of rotatable bonds is 8. The number of likely N-dealkylation sites (tertiary alicyclic amines) is 1. The SMILES string of the molecule is CCNC(=NCC(C)Sc1ccccc1)NC1CCN(CC(N)=O)CC1. The number of guanidine groups is 1. The molecule has 144 valence electrons. The van der Waals surface area contributed by atoms with Gasteiger partial charge in [-0.2, -0.15) is 0 Å². The third-order valence-electron chi connectivity index (χ3n) is 4.24. The van der Waals surface area contributed by atoms with Gasteiger partial charge in [-0.1, -0.05) is 25.1 Å². The fraction of sp³-hybridized carbons (Fsp3) is 0.579. The highest BCUT2D eigenvalue weighted by Gasteiger charge is 2.20. The molecular formula is C19H31N5OS. The maximum absolute atomic E-state index is 11.0. The van der Waals surface area contributed by atoms with Crippen LogP contribution in [-0.2, 0) is 4.79 Å². The molecule has 1 unspecified atom stereocenters. The summed E-state index contributed by atoms with van der Waals surface area (Å²) in [6, 6.07) is 10.8. The van der Waals surface area contributed by atoms with Crippen LogP contribution in [0.15, 0.2) is 40.2 Å². The molecule has 1 aromatic rings. The molecule has 1 heterocycles. The summed E-state index contributed by atoms with van der Waals surface area (Å²) in [5, 5.41) is 7.28. The summed E-state index contributed by atoms with van der Waals surface area (Å²) in [6.07, 6.45) is 1.98. The predicted octanol–water partition coefficient (Wildman–Crippen LogP) is 1.67. The van der Waals surface area contributed by atoms with E-state index in [2.05, 4.69) is 53.6 Å². The Labute approximate surface area is 161 Å². The fourth-order valence-corrected chi connectivity index (χ4v) is 3.89. The van der Waals surface area contributed by atoms with Crippen LogP contribution >= 0.6 is 11.8 Å². The molecule has 0 aliphatic carbocycles. The Balaban J connectivity index is 1.80. The molecule has 1 atom stereocenters. The Morgan fingerprint density at radius 1 is 1.35 bits per heavy atom. The van der Waals surface area contributed by atoms with Gasteiger partial charge in [0, 0.05) is 35.8 Å². The maximum Gasteiger partial charge on any atom is 0.231 e. The largest absolute Gasteiger partial charge is 0.369 e. The first kappa shape index (κ1) is 20.6. The molecule has 0 bridgehead atoms. The average Bonchev–Trinajstić information content (AvgIpc) is 2.62. The normalized spacial score (nSPS) is 17.7. The number of carbonyl (C=O) groups excluding carboxylic acids is 1. The molecule has 0 aromatic heterocycles. The highest BCUT2D eigenvalue weighted by atomic mass is 32.2. The van der Waals surface area contributed by atoms with Gasteiger partial charge in [0.05, 0.1) is 13.1 Å². The van der Waals surface area contributed by atoms with Crippen LogP contribution in [0.1, 0.15) is 26.7 Å². The highest BCUT2D eigenvalue weighted by molar-refractivity contribution is 8.00. The molecule has 1 aliphatic heterocycles. The van der Waals surface area contributed by atoms with Crippen molar-refractivity contribution in [1.82, 2.24) is 15.5 Å². The Morgan fingerprint density at radius 2 is 2.04 bits per heavy atom. The van der Waals surface area contributed by atoms with E-state index in [0.717, 1.165) is 45.0 Å². The Morgan fingerprint density at radius 3 is 2.65 bits per heavy atom. The monoisotopic (exact) mass is 377 g/mol. The lowest BCUT2D eigenvalue weighted by Gasteiger charge is -2.32. The molecule has 2 rings (SSSR count). The molecule has 26 heavy (non-hydrogen) atoms. The summed E-state index contributed by atoms with van der Waals surface area (Å²) >= 11 is 1.84. The minimum absolute atomic E-state index is 0.254. The molecule has 1 aromatic carbocycles. The van der Waals surface area contributed by atoms with Gasteiger partial charge >= 0.3 is 0 Å². The quantitative estimate of drug-likeness (QED) is 0.365. The van der Waals surface area contributed by atoms with Crippen molar-refractivity contribution in [3.05, 3.63) is 30.3 Å². The molecule has 0 radical (unpaired) electrons. The van der Waals surface area contributed by atoms with Gasteiger partial charge in [0.15, 0.2) is 5.96 Å². The van der Waals surface area contributed by atoms with E-state index in [1.807, 2.05) is 17.8 Å². The van der Waals surface area contributed by atoms with Gasteiger partial charge in [-0.15, -0.1) is 11.8 Å². The minimum atomic E-state index is -0.254. The summed E-state index contributed by atoms with van der Waals surface area (Å²) < 4.78 is 0. The first-order valence-electron chi connectivity index (χ1n) is 9.34. The highest BCUT2D eigenvalue weighted by Crippen LogP contribution is 2.22. The average molecular weight is 378 g/mol. The second kappa shape index (κ2) is 11.1. The third kappa shape index (κ3) is 7.66. The summed E-state index contributed by atoms with van der Waals surface area (Å²) in [6.45, 7) is 8.01. The summed E-state index contributed by atoms with van der Waals surface area (Å²) in [5.41, 5.74) is 5.27. The standard InChI is InChI=1S/C19H31N5OS/c1-3-21-19(22-13-15(2)26-17-7-5-4-6-8-17)23-16-9-11-24(12-10-16)14-18(20)25/h4-8,15-16H,3,9-14H2,1-2H3,(H2,20,25)(H2,21,22,23). The Hall–Kier alpha value is -1.73. The van der Waals surface area contributed by atoms with E-state index in [4.69, 9.17) is 10.7 Å². The molecule has 1 amide bonds. The fourth-order valence-electron chi connectivity index (χ4n) is 2.96. The molecule has 6 nitrogen and oxygen atoms in total. The second-order valence-corrected chi connectivity index (χ2v) is 8.13. The minimum Gasteiger partial charge on any atom is -0.369 e. The van der Waals surface area contributed by atoms with E-state index in [1.165, 1.54) is 4.90 Å². The molecule has 0 saturated carbocycles. The van der Waals surface area contributed by atoms with Crippen molar-refractivity contribution in [2.24, 2.45) is 10.7 Å². The molecule has 1 fully saturated rings. The molecule has 1 aliphatic rings. The van der Waals surface area contributed by atoms with Gasteiger partial charge in [-0.3, -0.25) is 14.7 Å². The van der Waals surface area contributed by atoms with Crippen LogP contribution in [0.4, 0.5) is 0 Å². The zero-order chi connectivity index (χ0) is 18.8. The van der Waals surface area contributed by atoms with Crippen LogP contribution in [0.25, 0.3) is 0 Å². The van der Waals surface area contributed by atoms with Gasteiger partial charge < -0.3 is 16.4 Å². The van der Waals surface area contributed by atoms with Crippen molar-refractivity contribution in [1.29, 1.82) is 0 Å². The van der Waals surface area contributed by atoms with Crippen LogP contribution in [-0.4, -0.2) is 60.8 Å². The lowest BCUT2D eigenvalue weighted by Crippen LogP contribution is -2.50. The van der Waals surface area contributed by atoms with Crippen LogP contribution in [0, 0.1) is 0 Å². The van der Waals surface area contributed by atoms with E-state index in [9.17, 15) is 4.79 Å². The number of carbonyl (C=O) groups is 1. The number of hydrogen-bond acceptors (Lipinski definition) is 4. The van der Waals surface area contributed by atoms with Crippen molar-refractivity contribution in [3.8, 4) is 0 Å². The third-order valence-corrected chi connectivity index (χ3v) is 5.33. The van der Waals surface area contributed by atoms with Crippen LogP contribution in [0.3, 0.4) is 0 Å². The smallest absolute Gasteiger partial charge is 0.231 e.